The summed E-state index contributed by atoms with van der Waals surface area (Å²) < 4.78 is 0. The summed E-state index contributed by atoms with van der Waals surface area (Å²) in [6.45, 7) is 2.11. The molecule has 3 amide bonds. The van der Waals surface area contributed by atoms with Gasteiger partial charge >= 0.3 is 5.97 Å². The number of amides is 3. The van der Waals surface area contributed by atoms with Gasteiger partial charge in [0, 0.05) is 18.3 Å². The highest BCUT2D eigenvalue weighted by Crippen LogP contribution is 2.03. The Kier molecular flexibility index (Phi) is 9.05. The molecule has 1 aromatic rings. The molecule has 3 atom stereocenters. The summed E-state index contributed by atoms with van der Waals surface area (Å²) in [6.07, 6.45) is 3.20. The minimum absolute atomic E-state index is 0.211. The Hall–Kier alpha value is -2.99. The van der Waals surface area contributed by atoms with Crippen molar-refractivity contribution in [2.75, 3.05) is 13.2 Å². The normalized spacial score (nSPS) is 14.0. The predicted molar refractivity (Wildman–Crippen MR) is 96.7 cm³/mol. The minimum atomic E-state index is -1.48. The van der Waals surface area contributed by atoms with Gasteiger partial charge in [0.1, 0.15) is 12.1 Å². The molecule has 1 heterocycles. The number of nitrogens with two attached hydrogens (primary N) is 1. The quantitative estimate of drug-likeness (QED) is 0.206. The molecule has 0 spiro atoms. The highest BCUT2D eigenvalue weighted by molar-refractivity contribution is 5.92. The number of rotatable bonds is 11. The number of imidazole rings is 1. The summed E-state index contributed by atoms with van der Waals surface area (Å²) in [5.41, 5.74) is 6.42. The molecule has 156 valence electrons. The van der Waals surface area contributed by atoms with Gasteiger partial charge in [-0.3, -0.25) is 14.4 Å². The van der Waals surface area contributed by atoms with Crippen molar-refractivity contribution >= 4 is 23.7 Å². The van der Waals surface area contributed by atoms with Crippen molar-refractivity contribution in [1.29, 1.82) is 0 Å². The smallest absolute Gasteiger partial charge is 0.328 e. The molecule has 28 heavy (non-hydrogen) atoms. The zero-order valence-electron chi connectivity index (χ0n) is 15.6. The van der Waals surface area contributed by atoms with E-state index in [9.17, 15) is 19.2 Å². The van der Waals surface area contributed by atoms with Crippen molar-refractivity contribution in [2.45, 2.75) is 38.4 Å². The van der Waals surface area contributed by atoms with E-state index in [0.29, 0.717) is 5.69 Å². The molecule has 12 heteroatoms. The van der Waals surface area contributed by atoms with Crippen LogP contribution in [0.3, 0.4) is 0 Å². The van der Waals surface area contributed by atoms with Crippen LogP contribution in [0.5, 0.6) is 0 Å². The number of nitrogens with one attached hydrogen (secondary N) is 4. The van der Waals surface area contributed by atoms with Crippen LogP contribution in [0.15, 0.2) is 12.5 Å². The minimum Gasteiger partial charge on any atom is -0.480 e. The molecule has 3 unspecified atom stereocenters. The van der Waals surface area contributed by atoms with Gasteiger partial charge in [-0.15, -0.1) is 0 Å². The Morgan fingerprint density at radius 1 is 1.21 bits per heavy atom. The molecule has 0 aliphatic carbocycles. The first-order valence-electron chi connectivity index (χ1n) is 8.59. The SMILES string of the molecule is CC(C)C(NC(=O)CNC(=O)C(N)Cc1cnc[nH]1)C(=O)NC(CO)C(=O)O. The number of aliphatic hydroxyl groups is 1. The number of aromatic amines is 1. The highest BCUT2D eigenvalue weighted by atomic mass is 16.4. The molecule has 1 rings (SSSR count). The summed E-state index contributed by atoms with van der Waals surface area (Å²) >= 11 is 0. The maximum absolute atomic E-state index is 12.2. The van der Waals surface area contributed by atoms with Gasteiger partial charge in [0.15, 0.2) is 0 Å². The van der Waals surface area contributed by atoms with Gasteiger partial charge in [-0.1, -0.05) is 13.8 Å². The molecule has 0 aromatic carbocycles. The molecule has 1 aromatic heterocycles. The fraction of sp³-hybridized carbons (Fsp3) is 0.562. The van der Waals surface area contributed by atoms with Crippen molar-refractivity contribution in [3.63, 3.8) is 0 Å². The van der Waals surface area contributed by atoms with Crippen LogP contribution in [0, 0.1) is 5.92 Å². The molecule has 0 saturated carbocycles. The fourth-order valence-corrected chi connectivity index (χ4v) is 2.23. The van der Waals surface area contributed by atoms with E-state index in [-0.39, 0.29) is 12.3 Å². The van der Waals surface area contributed by atoms with Crippen LogP contribution in [0.4, 0.5) is 0 Å². The van der Waals surface area contributed by atoms with E-state index in [1.54, 1.807) is 13.8 Å². The van der Waals surface area contributed by atoms with Crippen molar-refractivity contribution in [3.8, 4) is 0 Å². The van der Waals surface area contributed by atoms with Gasteiger partial charge in [-0.25, -0.2) is 9.78 Å². The van der Waals surface area contributed by atoms with E-state index in [4.69, 9.17) is 15.9 Å². The number of aliphatic hydroxyl groups excluding tert-OH is 1. The number of carboxylic acids is 1. The maximum atomic E-state index is 12.2. The lowest BCUT2D eigenvalue weighted by atomic mass is 10.0. The molecule has 0 bridgehead atoms. The lowest BCUT2D eigenvalue weighted by Gasteiger charge is -2.23. The molecule has 8 N–H and O–H groups in total. The van der Waals surface area contributed by atoms with Crippen LogP contribution in [0.1, 0.15) is 19.5 Å². The Bertz CT molecular complexity index is 677. The van der Waals surface area contributed by atoms with E-state index < -0.39 is 55.0 Å². The average molecular weight is 398 g/mol. The molecule has 0 aliphatic heterocycles. The zero-order chi connectivity index (χ0) is 21.3. The number of aliphatic carboxylic acids is 1. The molecule has 0 radical (unpaired) electrons. The Balaban J connectivity index is 2.53. The predicted octanol–water partition coefficient (Wildman–Crippen LogP) is -2.90. The first kappa shape index (κ1) is 23.0. The molecule has 0 saturated heterocycles. The number of nitrogens with zero attached hydrogens (tertiary/aromatic N) is 1. The van der Waals surface area contributed by atoms with Crippen molar-refractivity contribution < 1.29 is 29.4 Å². The number of hydrogen-bond acceptors (Lipinski definition) is 7. The van der Waals surface area contributed by atoms with E-state index in [1.165, 1.54) is 12.5 Å². The number of aromatic nitrogens is 2. The standard InChI is InChI=1S/C16H26N6O6/c1-8(2)13(15(26)21-11(6-23)16(27)28)22-12(24)5-19-14(25)10(17)3-9-4-18-7-20-9/h4,7-8,10-11,13,23H,3,5-6,17H2,1-2H3,(H,18,20)(H,19,25)(H,21,26)(H,22,24)(H,27,28). The fourth-order valence-electron chi connectivity index (χ4n) is 2.23. The molecule has 12 nitrogen and oxygen atoms in total. The van der Waals surface area contributed by atoms with E-state index in [1.807, 2.05) is 0 Å². The lowest BCUT2D eigenvalue weighted by molar-refractivity contribution is -0.143. The summed E-state index contributed by atoms with van der Waals surface area (Å²) in [5.74, 6) is -3.72. The zero-order valence-corrected chi connectivity index (χ0v) is 15.6. The number of H-pyrrole nitrogens is 1. The summed E-state index contributed by atoms with van der Waals surface area (Å²) in [5, 5.41) is 24.8. The van der Waals surface area contributed by atoms with Gasteiger partial charge in [0.2, 0.25) is 17.7 Å². The first-order chi connectivity index (χ1) is 13.1. The van der Waals surface area contributed by atoms with Crippen molar-refractivity contribution in [1.82, 2.24) is 25.9 Å². The van der Waals surface area contributed by atoms with Crippen molar-refractivity contribution in [3.05, 3.63) is 18.2 Å². The third-order valence-corrected chi connectivity index (χ3v) is 3.82. The van der Waals surface area contributed by atoms with Crippen LogP contribution in [0.2, 0.25) is 0 Å². The number of carboxylic acid groups (broad SMARTS) is 1. The number of carbonyl (C=O) groups is 4. The van der Waals surface area contributed by atoms with E-state index in [2.05, 4.69) is 25.9 Å². The van der Waals surface area contributed by atoms with Gasteiger partial charge in [-0.2, -0.15) is 0 Å². The molecule has 0 aliphatic rings. The Morgan fingerprint density at radius 2 is 1.89 bits per heavy atom. The summed E-state index contributed by atoms with van der Waals surface area (Å²) in [7, 11) is 0. The van der Waals surface area contributed by atoms with E-state index >= 15 is 0 Å². The highest BCUT2D eigenvalue weighted by Gasteiger charge is 2.28. The van der Waals surface area contributed by atoms with Gasteiger partial charge in [0.05, 0.1) is 25.5 Å². The summed E-state index contributed by atoms with van der Waals surface area (Å²) in [4.78, 5) is 53.8. The van der Waals surface area contributed by atoms with Gasteiger partial charge in [0.25, 0.3) is 0 Å². The number of hydrogen-bond donors (Lipinski definition) is 7. The number of carbonyl (C=O) groups excluding carboxylic acids is 3. The second-order valence-electron chi connectivity index (χ2n) is 6.48. The first-order valence-corrected chi connectivity index (χ1v) is 8.59. The second-order valence-corrected chi connectivity index (χ2v) is 6.48. The van der Waals surface area contributed by atoms with E-state index in [0.717, 1.165) is 0 Å². The lowest BCUT2D eigenvalue weighted by Crippen LogP contribution is -2.56. The average Bonchev–Trinajstić information content (AvgIpc) is 3.14. The Labute approximate surface area is 161 Å². The van der Waals surface area contributed by atoms with Crippen LogP contribution >= 0.6 is 0 Å². The summed E-state index contributed by atoms with van der Waals surface area (Å²) in [6, 6.07) is -3.42. The largest absolute Gasteiger partial charge is 0.480 e. The topological polar surface area (TPSA) is 200 Å². The van der Waals surface area contributed by atoms with Gasteiger partial charge in [-0.05, 0) is 5.92 Å². The maximum Gasteiger partial charge on any atom is 0.328 e. The van der Waals surface area contributed by atoms with Crippen LogP contribution in [0.25, 0.3) is 0 Å². The van der Waals surface area contributed by atoms with Crippen LogP contribution < -0.4 is 21.7 Å². The van der Waals surface area contributed by atoms with Gasteiger partial charge < -0.3 is 36.9 Å². The third kappa shape index (κ3) is 7.32. The second kappa shape index (κ2) is 11.0. The van der Waals surface area contributed by atoms with Crippen LogP contribution in [-0.2, 0) is 25.6 Å². The third-order valence-electron chi connectivity index (χ3n) is 3.82. The molecular formula is C16H26N6O6. The van der Waals surface area contributed by atoms with Crippen LogP contribution in [-0.4, -0.2) is 75.1 Å². The monoisotopic (exact) mass is 398 g/mol. The molecular weight excluding hydrogens is 372 g/mol. The van der Waals surface area contributed by atoms with Crippen molar-refractivity contribution in [2.24, 2.45) is 11.7 Å². The Morgan fingerprint density at radius 3 is 2.39 bits per heavy atom. The molecule has 0 fully saturated rings.